The fourth-order valence-electron chi connectivity index (χ4n) is 3.96. The molecule has 3 aromatic carbocycles. The summed E-state index contributed by atoms with van der Waals surface area (Å²) in [4.78, 5) is 12.7. The summed E-state index contributed by atoms with van der Waals surface area (Å²) in [7, 11) is 3.59. The molecule has 1 saturated heterocycles. The lowest BCUT2D eigenvalue weighted by molar-refractivity contribution is 0.112. The molecule has 1 aromatic heterocycles. The predicted molar refractivity (Wildman–Crippen MR) is 154 cm³/mol. The summed E-state index contributed by atoms with van der Waals surface area (Å²) < 4.78 is 14.6. The normalized spacial score (nSPS) is 13.1. The van der Waals surface area contributed by atoms with Crippen molar-refractivity contribution < 1.29 is 14.3 Å². The Morgan fingerprint density at radius 3 is 2.61 bits per heavy atom. The molecule has 0 unspecified atom stereocenters. The van der Waals surface area contributed by atoms with Crippen LogP contribution in [0.1, 0.15) is 27.0 Å². The minimum atomic E-state index is 0.587. The highest BCUT2D eigenvalue weighted by atomic mass is 32.2. The van der Waals surface area contributed by atoms with Gasteiger partial charge in [0.1, 0.15) is 18.2 Å². The number of methoxy groups -OCH3 is 1. The molecule has 8 heteroatoms. The number of hydrogen-bond acceptors (Lipinski definition) is 7. The molecular formula is C30H34N4O3S. The van der Waals surface area contributed by atoms with Gasteiger partial charge in [0.2, 0.25) is 0 Å². The lowest BCUT2D eigenvalue weighted by atomic mass is 10.1. The lowest BCUT2D eigenvalue weighted by Gasteiger charge is -2.14. The van der Waals surface area contributed by atoms with E-state index in [4.69, 9.17) is 9.47 Å². The van der Waals surface area contributed by atoms with Crippen LogP contribution in [0.5, 0.6) is 5.75 Å². The van der Waals surface area contributed by atoms with Crippen LogP contribution in [0.2, 0.25) is 0 Å². The second-order valence-corrected chi connectivity index (χ2v) is 10.2. The number of nitrogens with one attached hydrogen (secondary N) is 1. The zero-order chi connectivity index (χ0) is 26.9. The first kappa shape index (κ1) is 27.4. The van der Waals surface area contributed by atoms with Crippen molar-refractivity contribution >= 4 is 23.9 Å². The highest BCUT2D eigenvalue weighted by Gasteiger charge is 2.14. The summed E-state index contributed by atoms with van der Waals surface area (Å²) >= 11 is 1.78. The molecule has 0 atom stereocenters. The van der Waals surface area contributed by atoms with E-state index in [9.17, 15) is 4.79 Å². The van der Waals surface area contributed by atoms with E-state index >= 15 is 0 Å². The molecule has 7 nitrogen and oxygen atoms in total. The van der Waals surface area contributed by atoms with Crippen LogP contribution in [-0.4, -0.2) is 54.4 Å². The van der Waals surface area contributed by atoms with Crippen molar-refractivity contribution in [2.24, 2.45) is 0 Å². The van der Waals surface area contributed by atoms with Gasteiger partial charge in [0.15, 0.2) is 6.29 Å². The number of hydrogen-bond donors (Lipinski definition) is 1. The van der Waals surface area contributed by atoms with E-state index in [1.165, 1.54) is 16.0 Å². The number of carbonyl (C=O) groups is 1. The number of ether oxygens (including phenoxy) is 2. The summed E-state index contributed by atoms with van der Waals surface area (Å²) in [5, 5.41) is 7.73. The van der Waals surface area contributed by atoms with Crippen LogP contribution in [0.25, 0.3) is 11.3 Å². The second kappa shape index (κ2) is 13.3. The molecule has 0 aliphatic carbocycles. The number of rotatable bonds is 8. The van der Waals surface area contributed by atoms with Crippen LogP contribution in [-0.2, 0) is 11.3 Å². The Kier molecular flexibility index (Phi) is 9.59. The van der Waals surface area contributed by atoms with Crippen LogP contribution in [0.15, 0.2) is 77.8 Å². The first-order valence-corrected chi connectivity index (χ1v) is 13.3. The summed E-state index contributed by atoms with van der Waals surface area (Å²) in [5.74, 6) is 0.809. The van der Waals surface area contributed by atoms with E-state index in [1.54, 1.807) is 29.9 Å². The van der Waals surface area contributed by atoms with E-state index in [2.05, 4.69) is 39.8 Å². The Balaban J connectivity index is 0.000000194. The highest BCUT2D eigenvalue weighted by Crippen LogP contribution is 2.29. The zero-order valence-corrected chi connectivity index (χ0v) is 23.1. The topological polar surface area (TPSA) is 68.6 Å². The van der Waals surface area contributed by atoms with Crippen molar-refractivity contribution in [3.63, 3.8) is 0 Å². The first-order chi connectivity index (χ1) is 18.5. The highest BCUT2D eigenvalue weighted by molar-refractivity contribution is 7.97. The molecule has 1 N–H and O–H groups in total. The molecule has 0 saturated carbocycles. The van der Waals surface area contributed by atoms with Crippen molar-refractivity contribution in [1.29, 1.82) is 0 Å². The molecule has 1 aliphatic heterocycles. The van der Waals surface area contributed by atoms with Gasteiger partial charge in [0, 0.05) is 35.9 Å². The van der Waals surface area contributed by atoms with Gasteiger partial charge in [0.25, 0.3) is 0 Å². The van der Waals surface area contributed by atoms with Gasteiger partial charge in [-0.2, -0.15) is 5.10 Å². The number of aldehydes is 1. The van der Waals surface area contributed by atoms with Crippen molar-refractivity contribution in [2.75, 3.05) is 39.4 Å². The minimum absolute atomic E-state index is 0.587. The summed E-state index contributed by atoms with van der Waals surface area (Å²) in [6.07, 6.45) is 2.63. The molecule has 0 spiro atoms. The maximum Gasteiger partial charge on any atom is 0.153 e. The monoisotopic (exact) mass is 530 g/mol. The summed E-state index contributed by atoms with van der Waals surface area (Å²) in [5.41, 5.74) is 6.97. The predicted octanol–water partition coefficient (Wildman–Crippen LogP) is 6.06. The van der Waals surface area contributed by atoms with E-state index in [0.717, 1.165) is 48.7 Å². The van der Waals surface area contributed by atoms with Crippen molar-refractivity contribution in [3.8, 4) is 17.0 Å². The molecule has 4 aromatic rings. The van der Waals surface area contributed by atoms with Crippen LogP contribution >= 0.6 is 11.9 Å². The average Bonchev–Trinajstić information content (AvgIpc) is 3.61. The van der Waals surface area contributed by atoms with Crippen molar-refractivity contribution in [2.45, 2.75) is 25.3 Å². The van der Waals surface area contributed by atoms with Crippen LogP contribution in [0, 0.1) is 13.8 Å². The number of aryl methyl sites for hydroxylation is 2. The smallest absolute Gasteiger partial charge is 0.153 e. The summed E-state index contributed by atoms with van der Waals surface area (Å²) in [6.45, 7) is 7.34. The molecule has 38 heavy (non-hydrogen) atoms. The molecule has 2 heterocycles. The Bertz CT molecular complexity index is 1350. The largest absolute Gasteiger partial charge is 0.497 e. The third-order valence-electron chi connectivity index (χ3n) is 6.15. The van der Waals surface area contributed by atoms with Gasteiger partial charge < -0.3 is 14.8 Å². The van der Waals surface area contributed by atoms with Gasteiger partial charge in [-0.1, -0.05) is 48.0 Å². The van der Waals surface area contributed by atoms with Gasteiger partial charge in [0.05, 0.1) is 25.8 Å². The van der Waals surface area contributed by atoms with Gasteiger partial charge in [-0.05, 0) is 61.2 Å². The third kappa shape index (κ3) is 7.25. The molecule has 1 fully saturated rings. The Hall–Kier alpha value is -3.59. The van der Waals surface area contributed by atoms with E-state index in [-0.39, 0.29) is 0 Å². The van der Waals surface area contributed by atoms with Gasteiger partial charge in [-0.15, -0.1) is 0 Å². The van der Waals surface area contributed by atoms with Gasteiger partial charge in [-0.25, -0.2) is 4.31 Å². The fourth-order valence-corrected chi connectivity index (χ4v) is 4.92. The maximum absolute atomic E-state index is 11.4. The number of carbonyl (C=O) groups excluding carboxylic acids is 1. The molecular weight excluding hydrogens is 496 g/mol. The third-order valence-corrected chi connectivity index (χ3v) is 7.33. The van der Waals surface area contributed by atoms with Crippen LogP contribution in [0.4, 0.5) is 5.69 Å². The number of aromatic nitrogens is 2. The molecule has 0 bridgehead atoms. The van der Waals surface area contributed by atoms with E-state index in [0.29, 0.717) is 17.8 Å². The number of anilines is 1. The molecule has 1 aliphatic rings. The molecule has 0 radical (unpaired) electrons. The first-order valence-electron chi connectivity index (χ1n) is 12.5. The lowest BCUT2D eigenvalue weighted by Crippen LogP contribution is -2.10. The van der Waals surface area contributed by atoms with E-state index in [1.807, 2.05) is 62.5 Å². The maximum atomic E-state index is 11.4. The Morgan fingerprint density at radius 2 is 1.92 bits per heavy atom. The molecule has 198 valence electrons. The van der Waals surface area contributed by atoms with Gasteiger partial charge >= 0.3 is 0 Å². The molecule has 0 amide bonds. The minimum Gasteiger partial charge on any atom is -0.497 e. The SMILES string of the molecule is CNc1ccc(C)c(SN2CCOC2)c1.COc1cccc(Cn2cc(C=O)c(-c3ccc(C)cc3)n2)c1. The van der Waals surface area contributed by atoms with Crippen LogP contribution in [0.3, 0.4) is 0 Å². The fraction of sp³-hybridized carbons (Fsp3) is 0.267. The zero-order valence-electron chi connectivity index (χ0n) is 22.3. The quantitative estimate of drug-likeness (QED) is 0.219. The standard InChI is InChI=1S/C19H18N2O2.C11H16N2OS/c1-14-6-8-16(9-7-14)19-17(13-22)12-21(20-19)11-15-4-3-5-18(10-15)23-2;1-9-3-4-10(12-2)7-11(9)15-13-5-6-14-8-13/h3-10,12-13H,11H2,1-2H3;3-4,7,12H,5-6,8H2,1-2H3. The van der Waals surface area contributed by atoms with Gasteiger partial charge in [-0.3, -0.25) is 9.48 Å². The van der Waals surface area contributed by atoms with Crippen molar-refractivity contribution in [1.82, 2.24) is 14.1 Å². The average molecular weight is 531 g/mol. The number of nitrogens with zero attached hydrogens (tertiary/aromatic N) is 3. The Labute approximate surface area is 228 Å². The van der Waals surface area contributed by atoms with Crippen molar-refractivity contribution in [3.05, 3.63) is 95.2 Å². The molecule has 5 rings (SSSR count). The summed E-state index contributed by atoms with van der Waals surface area (Å²) in [6, 6.07) is 22.3. The Morgan fingerprint density at radius 1 is 1.11 bits per heavy atom. The second-order valence-electron chi connectivity index (χ2n) is 9.03. The van der Waals surface area contributed by atoms with Crippen LogP contribution < -0.4 is 10.1 Å². The van der Waals surface area contributed by atoms with E-state index < -0.39 is 0 Å². The number of benzene rings is 3.